The topological polar surface area (TPSA) is 12.9 Å². The van der Waals surface area contributed by atoms with Crippen molar-refractivity contribution in [1.82, 2.24) is 4.98 Å². The second-order valence-electron chi connectivity index (χ2n) is 4.52. The lowest BCUT2D eigenvalue weighted by atomic mass is 10.1. The molecular formula is C11H16FNSi. The minimum absolute atomic E-state index is 0.248. The van der Waals surface area contributed by atoms with Crippen LogP contribution in [0, 0.1) is 12.7 Å². The summed E-state index contributed by atoms with van der Waals surface area (Å²) >= 11 is 0. The van der Waals surface area contributed by atoms with E-state index in [0.29, 0.717) is 5.56 Å². The van der Waals surface area contributed by atoms with Crippen molar-refractivity contribution < 1.29 is 4.39 Å². The molecule has 1 rings (SSSR count). The molecule has 0 radical (unpaired) electrons. The molecule has 0 N–H and O–H groups in total. The minimum atomic E-state index is -1.46. The van der Waals surface area contributed by atoms with Gasteiger partial charge in [-0.05, 0) is 18.1 Å². The van der Waals surface area contributed by atoms with Crippen LogP contribution < -0.4 is 0 Å². The summed E-state index contributed by atoms with van der Waals surface area (Å²) in [6.45, 7) is 12.4. The maximum atomic E-state index is 13.2. The van der Waals surface area contributed by atoms with Crippen LogP contribution in [0.15, 0.2) is 19.0 Å². The predicted molar refractivity (Wildman–Crippen MR) is 61.3 cm³/mol. The summed E-state index contributed by atoms with van der Waals surface area (Å²) in [7, 11) is -1.46. The summed E-state index contributed by atoms with van der Waals surface area (Å²) in [5.74, 6) is -0.248. The van der Waals surface area contributed by atoms with Crippen LogP contribution in [0.5, 0.6) is 0 Å². The second-order valence-corrected chi connectivity index (χ2v) is 9.63. The number of hydrogen-bond acceptors (Lipinski definition) is 1. The molecule has 0 unspecified atom stereocenters. The molecule has 0 saturated carbocycles. The Morgan fingerprint density at radius 3 is 2.43 bits per heavy atom. The molecule has 0 aliphatic heterocycles. The molecule has 0 amide bonds. The van der Waals surface area contributed by atoms with Crippen LogP contribution in [-0.2, 0) is 0 Å². The molecule has 0 atom stereocenters. The fourth-order valence-corrected chi connectivity index (χ4v) is 2.27. The van der Waals surface area contributed by atoms with Crippen molar-refractivity contribution >= 4 is 13.3 Å². The van der Waals surface area contributed by atoms with E-state index in [0.717, 1.165) is 10.8 Å². The molecule has 0 bridgehead atoms. The summed E-state index contributed by atoms with van der Waals surface area (Å²) in [6.07, 6.45) is 2.95. The Balaban J connectivity index is 3.21. The fourth-order valence-electron chi connectivity index (χ4n) is 1.21. The zero-order valence-corrected chi connectivity index (χ0v) is 10.2. The lowest BCUT2D eigenvalue weighted by Crippen LogP contribution is -2.22. The first kappa shape index (κ1) is 11.1. The van der Waals surface area contributed by atoms with Gasteiger partial charge in [0, 0.05) is 6.20 Å². The Morgan fingerprint density at radius 1 is 1.36 bits per heavy atom. The molecule has 0 aliphatic rings. The summed E-state index contributed by atoms with van der Waals surface area (Å²) in [6, 6.07) is 0. The van der Waals surface area contributed by atoms with Crippen molar-refractivity contribution in [1.29, 1.82) is 0 Å². The Kier molecular flexibility index (Phi) is 2.90. The maximum absolute atomic E-state index is 13.2. The third kappa shape index (κ3) is 2.10. The summed E-state index contributed by atoms with van der Waals surface area (Å²) in [5, 5.41) is 1.06. The summed E-state index contributed by atoms with van der Waals surface area (Å²) < 4.78 is 13.2. The molecule has 3 heteroatoms. The van der Waals surface area contributed by atoms with Gasteiger partial charge < -0.3 is 0 Å². The summed E-state index contributed by atoms with van der Waals surface area (Å²) in [5.41, 5.74) is 1.54. The first-order valence-electron chi connectivity index (χ1n) is 4.64. The number of rotatable bonds is 2. The van der Waals surface area contributed by atoms with Crippen molar-refractivity contribution in [2.75, 3.05) is 0 Å². The Bertz CT molecular complexity index is 366. The van der Waals surface area contributed by atoms with Gasteiger partial charge in [0.25, 0.3) is 0 Å². The van der Waals surface area contributed by atoms with Gasteiger partial charge in [-0.25, -0.2) is 4.39 Å². The monoisotopic (exact) mass is 209 g/mol. The smallest absolute Gasteiger partial charge is 0.144 e. The van der Waals surface area contributed by atoms with Crippen LogP contribution in [0.25, 0.3) is 5.20 Å². The van der Waals surface area contributed by atoms with E-state index < -0.39 is 8.07 Å². The van der Waals surface area contributed by atoms with Gasteiger partial charge in [0.05, 0.1) is 14.3 Å². The molecule has 1 heterocycles. The van der Waals surface area contributed by atoms with Crippen LogP contribution >= 0.6 is 0 Å². The third-order valence-corrected chi connectivity index (χ3v) is 4.46. The molecule has 1 nitrogen and oxygen atoms in total. The van der Waals surface area contributed by atoms with E-state index >= 15 is 0 Å². The van der Waals surface area contributed by atoms with Gasteiger partial charge in [-0.15, -0.1) is 0 Å². The Morgan fingerprint density at radius 2 is 1.93 bits per heavy atom. The second kappa shape index (κ2) is 3.65. The molecule has 1 aromatic heterocycles. The van der Waals surface area contributed by atoms with Crippen molar-refractivity contribution in [3.8, 4) is 0 Å². The van der Waals surface area contributed by atoms with E-state index in [1.165, 1.54) is 6.20 Å². The normalized spacial score (nSPS) is 11.5. The average Bonchev–Trinajstić information content (AvgIpc) is 2.07. The fraction of sp³-hybridized carbons (Fsp3) is 0.364. The van der Waals surface area contributed by atoms with E-state index in [1.807, 2.05) is 0 Å². The molecule has 0 saturated heterocycles. The first-order chi connectivity index (χ1) is 6.34. The maximum Gasteiger partial charge on any atom is 0.144 e. The number of hydrogen-bond donors (Lipinski definition) is 0. The van der Waals surface area contributed by atoms with E-state index in [4.69, 9.17) is 0 Å². The first-order valence-corrected chi connectivity index (χ1v) is 8.14. The quantitative estimate of drug-likeness (QED) is 0.680. The van der Waals surface area contributed by atoms with Crippen molar-refractivity contribution in [3.05, 3.63) is 35.9 Å². The van der Waals surface area contributed by atoms with E-state index in [9.17, 15) is 4.39 Å². The number of pyridine rings is 1. The average molecular weight is 209 g/mol. The zero-order valence-electron chi connectivity index (χ0n) is 9.19. The lowest BCUT2D eigenvalue weighted by Gasteiger charge is -2.21. The van der Waals surface area contributed by atoms with Crippen LogP contribution in [-0.4, -0.2) is 13.1 Å². The van der Waals surface area contributed by atoms with E-state index in [2.05, 4.69) is 31.2 Å². The standard InChI is InChI=1S/C11H16FNSi/c1-8-10(6-13-7-11(8)12)9(2)14(3,4)5/h6-7H,2H2,1,3-5H3. The Hall–Kier alpha value is -0.963. The van der Waals surface area contributed by atoms with Gasteiger partial charge in [0.1, 0.15) is 5.82 Å². The van der Waals surface area contributed by atoms with Crippen molar-refractivity contribution in [2.24, 2.45) is 0 Å². The molecular weight excluding hydrogens is 193 g/mol. The molecule has 0 aliphatic carbocycles. The van der Waals surface area contributed by atoms with Crippen LogP contribution in [0.4, 0.5) is 4.39 Å². The van der Waals surface area contributed by atoms with Gasteiger partial charge in [-0.2, -0.15) is 0 Å². The molecule has 76 valence electrons. The largest absolute Gasteiger partial charge is 0.261 e. The molecule has 0 spiro atoms. The zero-order chi connectivity index (χ0) is 10.9. The lowest BCUT2D eigenvalue weighted by molar-refractivity contribution is 0.611. The van der Waals surface area contributed by atoms with Gasteiger partial charge in [-0.3, -0.25) is 4.98 Å². The van der Waals surface area contributed by atoms with Crippen LogP contribution in [0.3, 0.4) is 0 Å². The SMILES string of the molecule is C=C(c1cncc(F)c1C)[Si](C)(C)C. The molecule has 1 aromatic rings. The molecule has 14 heavy (non-hydrogen) atoms. The highest BCUT2D eigenvalue weighted by atomic mass is 28.3. The van der Waals surface area contributed by atoms with Crippen molar-refractivity contribution in [2.45, 2.75) is 26.6 Å². The van der Waals surface area contributed by atoms with Gasteiger partial charge in [-0.1, -0.05) is 31.4 Å². The highest BCUT2D eigenvalue weighted by molar-refractivity contribution is 6.93. The number of aromatic nitrogens is 1. The highest BCUT2D eigenvalue weighted by Crippen LogP contribution is 2.26. The molecule has 0 fully saturated rings. The van der Waals surface area contributed by atoms with Crippen LogP contribution in [0.2, 0.25) is 19.6 Å². The predicted octanol–water partition coefficient (Wildman–Crippen LogP) is 3.42. The Labute approximate surface area is 85.7 Å². The number of halogens is 1. The van der Waals surface area contributed by atoms with Crippen LogP contribution in [0.1, 0.15) is 11.1 Å². The highest BCUT2D eigenvalue weighted by Gasteiger charge is 2.21. The van der Waals surface area contributed by atoms with Gasteiger partial charge in [0.2, 0.25) is 0 Å². The molecule has 0 aromatic carbocycles. The minimum Gasteiger partial charge on any atom is -0.261 e. The van der Waals surface area contributed by atoms with Crippen molar-refractivity contribution in [3.63, 3.8) is 0 Å². The van der Waals surface area contributed by atoms with Gasteiger partial charge in [0.15, 0.2) is 0 Å². The van der Waals surface area contributed by atoms with Gasteiger partial charge >= 0.3 is 0 Å². The van der Waals surface area contributed by atoms with E-state index in [1.54, 1.807) is 13.1 Å². The number of nitrogens with zero attached hydrogens (tertiary/aromatic N) is 1. The third-order valence-electron chi connectivity index (χ3n) is 2.38. The van der Waals surface area contributed by atoms with E-state index in [-0.39, 0.29) is 5.82 Å². The summed E-state index contributed by atoms with van der Waals surface area (Å²) in [4.78, 5) is 3.87.